The number of nitriles is 1. The molecule has 3 rings (SSSR count). The maximum absolute atomic E-state index is 13.0. The summed E-state index contributed by atoms with van der Waals surface area (Å²) in [5.74, 6) is 0.0135. The van der Waals surface area contributed by atoms with Crippen LogP contribution in [0.15, 0.2) is 35.4 Å². The van der Waals surface area contributed by atoms with Gasteiger partial charge in [0.15, 0.2) is 9.84 Å². The number of benzene rings is 1. The van der Waals surface area contributed by atoms with E-state index in [0.29, 0.717) is 11.1 Å². The number of rotatable bonds is 4. The molecule has 0 radical (unpaired) electrons. The first-order valence-electron chi connectivity index (χ1n) is 9.00. The molecule has 0 fully saturated rings. The molecule has 0 aliphatic carbocycles. The Morgan fingerprint density at radius 2 is 1.87 bits per heavy atom. The standard InChI is InChI=1S/C20H19F3N4O2S/c1-5-30(28,29)16-8-12(19(2,3)11-24)6-7-13(16)18-26-14-9-17(20(21,22)23)25-10-15(14)27(18)4/h6-10H,5H2,1-4H3. The van der Waals surface area contributed by atoms with Crippen LogP contribution in [0.5, 0.6) is 0 Å². The topological polar surface area (TPSA) is 88.6 Å². The van der Waals surface area contributed by atoms with Crippen LogP contribution in [0.2, 0.25) is 0 Å². The van der Waals surface area contributed by atoms with Crippen molar-refractivity contribution in [3.05, 3.63) is 41.7 Å². The quantitative estimate of drug-likeness (QED) is 0.610. The highest BCUT2D eigenvalue weighted by Crippen LogP contribution is 2.35. The summed E-state index contributed by atoms with van der Waals surface area (Å²) in [7, 11) is -2.13. The molecule has 2 heterocycles. The van der Waals surface area contributed by atoms with Crippen molar-refractivity contribution >= 4 is 20.9 Å². The summed E-state index contributed by atoms with van der Waals surface area (Å²) in [6.45, 7) is 4.84. The minimum absolute atomic E-state index is 0.0202. The number of fused-ring (bicyclic) bond motifs is 1. The lowest BCUT2D eigenvalue weighted by atomic mass is 9.86. The third-order valence-electron chi connectivity index (χ3n) is 5.00. The van der Waals surface area contributed by atoms with Crippen LogP contribution in [0.4, 0.5) is 13.2 Å². The van der Waals surface area contributed by atoms with Crippen molar-refractivity contribution in [2.75, 3.05) is 5.75 Å². The van der Waals surface area contributed by atoms with Gasteiger partial charge in [0, 0.05) is 12.6 Å². The lowest BCUT2D eigenvalue weighted by molar-refractivity contribution is -0.141. The largest absolute Gasteiger partial charge is 0.433 e. The van der Waals surface area contributed by atoms with E-state index in [1.165, 1.54) is 23.6 Å². The van der Waals surface area contributed by atoms with Crippen LogP contribution >= 0.6 is 0 Å². The van der Waals surface area contributed by atoms with Gasteiger partial charge in [0.1, 0.15) is 11.5 Å². The van der Waals surface area contributed by atoms with E-state index in [1.54, 1.807) is 27.0 Å². The first-order chi connectivity index (χ1) is 13.8. The molecule has 6 nitrogen and oxygen atoms in total. The van der Waals surface area contributed by atoms with Gasteiger partial charge < -0.3 is 4.57 Å². The van der Waals surface area contributed by atoms with Crippen molar-refractivity contribution in [1.29, 1.82) is 5.26 Å². The molecular weight excluding hydrogens is 417 g/mol. The number of hydrogen-bond donors (Lipinski definition) is 0. The number of halogens is 3. The molecule has 0 amide bonds. The summed E-state index contributed by atoms with van der Waals surface area (Å²) in [6, 6.07) is 7.58. The third kappa shape index (κ3) is 3.65. The molecular formula is C20H19F3N4O2S. The number of sulfone groups is 1. The zero-order valence-corrected chi connectivity index (χ0v) is 17.6. The van der Waals surface area contributed by atoms with E-state index in [4.69, 9.17) is 0 Å². The highest BCUT2D eigenvalue weighted by molar-refractivity contribution is 7.91. The second-order valence-corrected chi connectivity index (χ2v) is 9.65. The van der Waals surface area contributed by atoms with Crippen molar-refractivity contribution in [3.63, 3.8) is 0 Å². The predicted octanol–water partition coefficient (Wildman–Crippen LogP) is 4.25. The van der Waals surface area contributed by atoms with Crippen LogP contribution in [0.3, 0.4) is 0 Å². The fraction of sp³-hybridized carbons (Fsp3) is 0.350. The maximum atomic E-state index is 13.0. The summed E-state index contributed by atoms with van der Waals surface area (Å²) in [5.41, 5.74) is -0.848. The van der Waals surface area contributed by atoms with Crippen molar-refractivity contribution in [2.24, 2.45) is 7.05 Å². The second-order valence-electron chi connectivity index (χ2n) is 7.40. The lowest BCUT2D eigenvalue weighted by Crippen LogP contribution is -2.16. The van der Waals surface area contributed by atoms with Crippen molar-refractivity contribution in [1.82, 2.24) is 14.5 Å². The molecule has 0 spiro atoms. The van der Waals surface area contributed by atoms with E-state index in [9.17, 15) is 26.9 Å². The Morgan fingerprint density at radius 1 is 1.20 bits per heavy atom. The van der Waals surface area contributed by atoms with Gasteiger partial charge in [-0.15, -0.1) is 0 Å². The van der Waals surface area contributed by atoms with Gasteiger partial charge in [-0.25, -0.2) is 18.4 Å². The molecule has 0 atom stereocenters. The van der Waals surface area contributed by atoms with Crippen LogP contribution in [0.1, 0.15) is 32.0 Å². The number of hydrogen-bond acceptors (Lipinski definition) is 5. The van der Waals surface area contributed by atoms with E-state index in [-0.39, 0.29) is 27.6 Å². The molecule has 10 heteroatoms. The Hall–Kier alpha value is -2.93. The Morgan fingerprint density at radius 3 is 2.43 bits per heavy atom. The Kier molecular flexibility index (Phi) is 5.15. The van der Waals surface area contributed by atoms with Crippen LogP contribution in [-0.4, -0.2) is 28.7 Å². The molecule has 0 N–H and O–H groups in total. The van der Waals surface area contributed by atoms with Gasteiger partial charge in [0.2, 0.25) is 0 Å². The molecule has 0 aliphatic rings. The zero-order valence-electron chi connectivity index (χ0n) is 16.7. The number of aromatic nitrogens is 3. The Balaban J connectivity index is 2.31. The zero-order chi connectivity index (χ0) is 22.5. The van der Waals surface area contributed by atoms with E-state index < -0.39 is 27.1 Å². The van der Waals surface area contributed by atoms with Crippen LogP contribution in [0.25, 0.3) is 22.4 Å². The van der Waals surface area contributed by atoms with Crippen LogP contribution in [-0.2, 0) is 28.5 Å². The minimum atomic E-state index is -4.62. The predicted molar refractivity (Wildman–Crippen MR) is 105 cm³/mol. The van der Waals surface area contributed by atoms with Gasteiger partial charge in [-0.2, -0.15) is 18.4 Å². The average Bonchev–Trinajstić information content (AvgIpc) is 3.02. The summed E-state index contributed by atoms with van der Waals surface area (Å²) >= 11 is 0. The second kappa shape index (κ2) is 7.09. The number of pyridine rings is 1. The fourth-order valence-corrected chi connectivity index (χ4v) is 4.17. The van der Waals surface area contributed by atoms with Gasteiger partial charge in [-0.3, -0.25) is 0 Å². The molecule has 30 heavy (non-hydrogen) atoms. The van der Waals surface area contributed by atoms with Gasteiger partial charge in [0.05, 0.1) is 39.4 Å². The smallest absolute Gasteiger partial charge is 0.326 e. The van der Waals surface area contributed by atoms with Crippen LogP contribution in [0, 0.1) is 11.3 Å². The van der Waals surface area contributed by atoms with Crippen molar-refractivity contribution in [2.45, 2.75) is 37.3 Å². The first-order valence-corrected chi connectivity index (χ1v) is 10.7. The van der Waals surface area contributed by atoms with E-state index in [2.05, 4.69) is 16.0 Å². The molecule has 0 unspecified atom stereocenters. The molecule has 0 bridgehead atoms. The van der Waals surface area contributed by atoms with E-state index in [1.807, 2.05) is 0 Å². The first kappa shape index (κ1) is 21.8. The highest BCUT2D eigenvalue weighted by Gasteiger charge is 2.33. The number of imidazole rings is 1. The Bertz CT molecular complexity index is 1290. The average molecular weight is 436 g/mol. The monoisotopic (exact) mass is 436 g/mol. The molecule has 0 saturated carbocycles. The van der Waals surface area contributed by atoms with E-state index in [0.717, 1.165) is 12.3 Å². The fourth-order valence-electron chi connectivity index (χ4n) is 3.06. The lowest BCUT2D eigenvalue weighted by Gasteiger charge is -2.19. The molecule has 2 aromatic heterocycles. The van der Waals surface area contributed by atoms with E-state index >= 15 is 0 Å². The number of nitrogens with zero attached hydrogens (tertiary/aromatic N) is 4. The third-order valence-corrected chi connectivity index (χ3v) is 6.76. The van der Waals surface area contributed by atoms with Gasteiger partial charge in [0.25, 0.3) is 0 Å². The number of aryl methyl sites for hydroxylation is 1. The van der Waals surface area contributed by atoms with Crippen LogP contribution < -0.4 is 0 Å². The minimum Gasteiger partial charge on any atom is -0.326 e. The highest BCUT2D eigenvalue weighted by atomic mass is 32.2. The maximum Gasteiger partial charge on any atom is 0.433 e. The number of alkyl halides is 3. The summed E-state index contributed by atoms with van der Waals surface area (Å²) in [4.78, 5) is 7.70. The summed E-state index contributed by atoms with van der Waals surface area (Å²) < 4.78 is 66.1. The summed E-state index contributed by atoms with van der Waals surface area (Å²) in [5, 5.41) is 9.40. The molecule has 0 aliphatic heterocycles. The van der Waals surface area contributed by atoms with Gasteiger partial charge in [-0.1, -0.05) is 13.0 Å². The van der Waals surface area contributed by atoms with Crippen molar-refractivity contribution < 1.29 is 21.6 Å². The van der Waals surface area contributed by atoms with Crippen molar-refractivity contribution in [3.8, 4) is 17.5 Å². The van der Waals surface area contributed by atoms with Gasteiger partial charge in [-0.05, 0) is 37.6 Å². The molecule has 3 aromatic rings. The molecule has 0 saturated heterocycles. The summed E-state index contributed by atoms with van der Waals surface area (Å²) in [6.07, 6.45) is -3.55. The Labute approximate surface area is 171 Å². The SMILES string of the molecule is CCS(=O)(=O)c1cc(C(C)(C)C#N)ccc1-c1nc2cc(C(F)(F)F)ncc2n1C. The molecule has 1 aromatic carbocycles. The normalized spacial score (nSPS) is 12.9. The van der Waals surface area contributed by atoms with Gasteiger partial charge >= 0.3 is 6.18 Å². The molecule has 158 valence electrons.